The number of ether oxygens (including phenoxy) is 1. The Bertz CT molecular complexity index is 83.7. The lowest BCUT2D eigenvalue weighted by molar-refractivity contribution is -0.0492. The summed E-state index contributed by atoms with van der Waals surface area (Å²) >= 11 is 0. The monoisotopic (exact) mass is 146 g/mol. The fraction of sp³-hybridized carbons (Fsp3) is 1.00. The number of aliphatic hydroxyl groups is 1. The highest BCUT2D eigenvalue weighted by Gasteiger charge is 2.11. The molecule has 2 heteroatoms. The van der Waals surface area contributed by atoms with Gasteiger partial charge in [-0.3, -0.25) is 0 Å². The Morgan fingerprint density at radius 3 is 2.20 bits per heavy atom. The SMILES string of the molecule is CC[C@H](O)COC(C)(C)C. The maximum atomic E-state index is 9.10. The Balaban J connectivity index is 3.36. The molecule has 0 aromatic carbocycles. The van der Waals surface area contributed by atoms with Crippen LogP contribution in [-0.2, 0) is 4.74 Å². The van der Waals surface area contributed by atoms with Crippen LogP contribution in [0.1, 0.15) is 34.1 Å². The maximum Gasteiger partial charge on any atom is 0.0771 e. The second-order valence-corrected chi connectivity index (χ2v) is 3.49. The summed E-state index contributed by atoms with van der Waals surface area (Å²) in [5, 5.41) is 9.10. The molecule has 0 spiro atoms. The molecule has 0 unspecified atom stereocenters. The van der Waals surface area contributed by atoms with Gasteiger partial charge < -0.3 is 9.84 Å². The van der Waals surface area contributed by atoms with Crippen LogP contribution in [0.5, 0.6) is 0 Å². The van der Waals surface area contributed by atoms with Crippen molar-refractivity contribution >= 4 is 0 Å². The number of hydrogen-bond donors (Lipinski definition) is 1. The summed E-state index contributed by atoms with van der Waals surface area (Å²) in [6.45, 7) is 8.33. The van der Waals surface area contributed by atoms with Gasteiger partial charge in [-0.15, -0.1) is 0 Å². The average molecular weight is 146 g/mol. The third-order valence-electron chi connectivity index (χ3n) is 1.18. The molecular formula is C8H18O2. The maximum absolute atomic E-state index is 9.10. The van der Waals surface area contributed by atoms with Gasteiger partial charge in [-0.05, 0) is 27.2 Å². The second-order valence-electron chi connectivity index (χ2n) is 3.49. The van der Waals surface area contributed by atoms with E-state index in [0.717, 1.165) is 6.42 Å². The third kappa shape index (κ3) is 6.05. The van der Waals surface area contributed by atoms with Crippen molar-refractivity contribution in [2.75, 3.05) is 6.61 Å². The number of hydrogen-bond acceptors (Lipinski definition) is 2. The number of rotatable bonds is 3. The lowest BCUT2D eigenvalue weighted by atomic mass is 10.2. The molecule has 0 aromatic rings. The molecule has 0 aliphatic rings. The lowest BCUT2D eigenvalue weighted by Gasteiger charge is -2.21. The van der Waals surface area contributed by atoms with Crippen LogP contribution in [0.15, 0.2) is 0 Å². The normalized spacial score (nSPS) is 15.3. The summed E-state index contributed by atoms with van der Waals surface area (Å²) in [6.07, 6.45) is 0.454. The largest absolute Gasteiger partial charge is 0.391 e. The molecule has 0 fully saturated rings. The highest BCUT2D eigenvalue weighted by Crippen LogP contribution is 2.07. The molecule has 0 heterocycles. The highest BCUT2D eigenvalue weighted by molar-refractivity contribution is 4.60. The van der Waals surface area contributed by atoms with Gasteiger partial charge in [0.1, 0.15) is 0 Å². The lowest BCUT2D eigenvalue weighted by Crippen LogP contribution is -2.25. The Morgan fingerprint density at radius 1 is 1.40 bits per heavy atom. The standard InChI is InChI=1S/C8H18O2/c1-5-7(9)6-10-8(2,3)4/h7,9H,5-6H2,1-4H3/t7-/m0/s1. The minimum absolute atomic E-state index is 0.129. The molecule has 0 radical (unpaired) electrons. The van der Waals surface area contributed by atoms with Crippen LogP contribution in [0.25, 0.3) is 0 Å². The zero-order chi connectivity index (χ0) is 8.20. The van der Waals surface area contributed by atoms with E-state index in [1.165, 1.54) is 0 Å². The van der Waals surface area contributed by atoms with E-state index in [0.29, 0.717) is 6.61 Å². The van der Waals surface area contributed by atoms with E-state index in [4.69, 9.17) is 9.84 Å². The molecule has 1 atom stereocenters. The molecule has 0 saturated heterocycles. The Labute approximate surface area is 63.2 Å². The van der Waals surface area contributed by atoms with Crippen molar-refractivity contribution in [3.8, 4) is 0 Å². The number of aliphatic hydroxyl groups excluding tert-OH is 1. The van der Waals surface area contributed by atoms with Gasteiger partial charge in [-0.25, -0.2) is 0 Å². The Hall–Kier alpha value is -0.0800. The summed E-state index contributed by atoms with van der Waals surface area (Å²) in [4.78, 5) is 0. The minimum Gasteiger partial charge on any atom is -0.391 e. The van der Waals surface area contributed by atoms with Crippen LogP contribution in [0, 0.1) is 0 Å². The van der Waals surface area contributed by atoms with Crippen molar-refractivity contribution < 1.29 is 9.84 Å². The smallest absolute Gasteiger partial charge is 0.0771 e. The zero-order valence-corrected chi connectivity index (χ0v) is 7.35. The first-order valence-corrected chi connectivity index (χ1v) is 3.77. The third-order valence-corrected chi connectivity index (χ3v) is 1.18. The summed E-state index contributed by atoms with van der Waals surface area (Å²) in [7, 11) is 0. The fourth-order valence-corrected chi connectivity index (χ4v) is 0.464. The van der Waals surface area contributed by atoms with Crippen molar-refractivity contribution in [1.29, 1.82) is 0 Å². The molecule has 0 rings (SSSR count). The molecule has 0 aliphatic heterocycles. The van der Waals surface area contributed by atoms with Crippen LogP contribution in [0.2, 0.25) is 0 Å². The van der Waals surface area contributed by atoms with Gasteiger partial charge in [0.2, 0.25) is 0 Å². The Kier molecular flexibility index (Phi) is 3.91. The predicted molar refractivity (Wildman–Crippen MR) is 42.0 cm³/mol. The van der Waals surface area contributed by atoms with Crippen molar-refractivity contribution in [1.82, 2.24) is 0 Å². The average Bonchev–Trinajstić information content (AvgIpc) is 1.81. The van der Waals surface area contributed by atoms with Crippen LogP contribution in [0.3, 0.4) is 0 Å². The highest BCUT2D eigenvalue weighted by atomic mass is 16.5. The second kappa shape index (κ2) is 3.94. The molecule has 0 saturated carbocycles. The molecular weight excluding hydrogens is 128 g/mol. The summed E-state index contributed by atoms with van der Waals surface area (Å²) in [5.74, 6) is 0. The van der Waals surface area contributed by atoms with Gasteiger partial charge in [-0.1, -0.05) is 6.92 Å². The van der Waals surface area contributed by atoms with Crippen LogP contribution < -0.4 is 0 Å². The van der Waals surface area contributed by atoms with E-state index in [-0.39, 0.29) is 11.7 Å². The van der Waals surface area contributed by atoms with Gasteiger partial charge in [0.25, 0.3) is 0 Å². The summed E-state index contributed by atoms with van der Waals surface area (Å²) in [6, 6.07) is 0. The molecule has 2 nitrogen and oxygen atoms in total. The summed E-state index contributed by atoms with van der Waals surface area (Å²) in [5.41, 5.74) is -0.129. The van der Waals surface area contributed by atoms with E-state index in [9.17, 15) is 0 Å². The minimum atomic E-state index is -0.306. The first-order chi connectivity index (χ1) is 4.45. The first-order valence-electron chi connectivity index (χ1n) is 3.77. The van der Waals surface area contributed by atoms with Gasteiger partial charge in [0, 0.05) is 0 Å². The van der Waals surface area contributed by atoms with Crippen LogP contribution in [0.4, 0.5) is 0 Å². The molecule has 10 heavy (non-hydrogen) atoms. The summed E-state index contributed by atoms with van der Waals surface area (Å²) < 4.78 is 5.33. The van der Waals surface area contributed by atoms with Crippen molar-refractivity contribution in [2.45, 2.75) is 45.8 Å². The van der Waals surface area contributed by atoms with E-state index >= 15 is 0 Å². The van der Waals surface area contributed by atoms with E-state index < -0.39 is 0 Å². The molecule has 0 aliphatic carbocycles. The molecule has 0 amide bonds. The zero-order valence-electron chi connectivity index (χ0n) is 7.35. The molecule has 62 valence electrons. The quantitative estimate of drug-likeness (QED) is 0.655. The predicted octanol–water partition coefficient (Wildman–Crippen LogP) is 1.57. The van der Waals surface area contributed by atoms with E-state index in [2.05, 4.69) is 0 Å². The Morgan fingerprint density at radius 2 is 1.90 bits per heavy atom. The van der Waals surface area contributed by atoms with Gasteiger partial charge in [0.05, 0.1) is 18.3 Å². The van der Waals surface area contributed by atoms with Crippen molar-refractivity contribution in [3.63, 3.8) is 0 Å². The molecule has 0 bridgehead atoms. The van der Waals surface area contributed by atoms with E-state index in [1.807, 2.05) is 27.7 Å². The van der Waals surface area contributed by atoms with E-state index in [1.54, 1.807) is 0 Å². The van der Waals surface area contributed by atoms with Crippen molar-refractivity contribution in [3.05, 3.63) is 0 Å². The topological polar surface area (TPSA) is 29.5 Å². The van der Waals surface area contributed by atoms with Crippen LogP contribution in [-0.4, -0.2) is 23.4 Å². The van der Waals surface area contributed by atoms with Crippen molar-refractivity contribution in [2.24, 2.45) is 0 Å². The fourth-order valence-electron chi connectivity index (χ4n) is 0.464. The van der Waals surface area contributed by atoms with Gasteiger partial charge >= 0.3 is 0 Å². The van der Waals surface area contributed by atoms with Gasteiger partial charge in [0.15, 0.2) is 0 Å². The first kappa shape index (κ1) is 9.92. The van der Waals surface area contributed by atoms with Gasteiger partial charge in [-0.2, -0.15) is 0 Å². The molecule has 1 N–H and O–H groups in total. The molecule has 0 aromatic heterocycles. The van der Waals surface area contributed by atoms with Crippen LogP contribution >= 0.6 is 0 Å².